The molecule has 0 radical (unpaired) electrons. The topological polar surface area (TPSA) is 21.3 Å². The second kappa shape index (κ2) is 5.38. The van der Waals surface area contributed by atoms with Crippen LogP contribution in [0, 0.1) is 0 Å². The van der Waals surface area contributed by atoms with Crippen molar-refractivity contribution in [2.75, 3.05) is 13.0 Å². The van der Waals surface area contributed by atoms with Crippen molar-refractivity contribution in [1.29, 1.82) is 0 Å². The van der Waals surface area contributed by atoms with Gasteiger partial charge in [0.2, 0.25) is 0 Å². The van der Waals surface area contributed by atoms with E-state index in [1.54, 1.807) is 7.11 Å². The highest BCUT2D eigenvalue weighted by Gasteiger charge is 2.15. The monoisotopic (exact) mass is 227 g/mol. The largest absolute Gasteiger partial charge is 0.496 e. The predicted octanol–water partition coefficient (Wildman–Crippen LogP) is 2.80. The average molecular weight is 228 g/mol. The smallest absolute Gasteiger partial charge is 0.123 e. The zero-order chi connectivity index (χ0) is 11.3. The minimum Gasteiger partial charge on any atom is -0.496 e. The molecule has 0 bridgehead atoms. The Morgan fingerprint density at radius 2 is 2.00 bits per heavy atom. The number of benzene rings is 1. The number of ether oxygens (including phenoxy) is 1. The first kappa shape index (κ1) is 12.3. The molecule has 0 fully saturated rings. The Hall–Kier alpha value is -0.730. The minimum atomic E-state index is -0.0532. The van der Waals surface area contributed by atoms with Crippen molar-refractivity contribution in [2.45, 2.75) is 25.9 Å². The molecule has 0 aliphatic heterocycles. The first-order valence-corrected chi connectivity index (χ1v) is 5.55. The van der Waals surface area contributed by atoms with Gasteiger partial charge in [-0.25, -0.2) is 0 Å². The SMILES string of the molecule is COc1ccccc1CNC(C)(C)CCl. The molecule has 0 heterocycles. The molecule has 1 aromatic carbocycles. The van der Waals surface area contributed by atoms with Crippen LogP contribution in [0.4, 0.5) is 0 Å². The quantitative estimate of drug-likeness (QED) is 0.782. The molecule has 1 rings (SSSR count). The lowest BCUT2D eigenvalue weighted by atomic mass is 10.1. The summed E-state index contributed by atoms with van der Waals surface area (Å²) in [6, 6.07) is 7.99. The summed E-state index contributed by atoms with van der Waals surface area (Å²) in [5, 5.41) is 3.39. The number of hydrogen-bond acceptors (Lipinski definition) is 2. The van der Waals surface area contributed by atoms with E-state index in [1.165, 1.54) is 0 Å². The van der Waals surface area contributed by atoms with E-state index in [1.807, 2.05) is 18.2 Å². The summed E-state index contributed by atoms with van der Waals surface area (Å²) < 4.78 is 5.27. The third-order valence-corrected chi connectivity index (χ3v) is 2.95. The second-order valence-electron chi connectivity index (χ2n) is 4.18. The normalized spacial score (nSPS) is 11.5. The number of rotatable bonds is 5. The van der Waals surface area contributed by atoms with Crippen LogP contribution in [0.5, 0.6) is 5.75 Å². The maximum absolute atomic E-state index is 5.84. The van der Waals surface area contributed by atoms with Crippen molar-refractivity contribution in [3.8, 4) is 5.75 Å². The van der Waals surface area contributed by atoms with Gasteiger partial charge in [-0.15, -0.1) is 11.6 Å². The molecule has 0 unspecified atom stereocenters. The van der Waals surface area contributed by atoms with Gasteiger partial charge >= 0.3 is 0 Å². The number of para-hydroxylation sites is 1. The van der Waals surface area contributed by atoms with Crippen molar-refractivity contribution >= 4 is 11.6 Å². The van der Waals surface area contributed by atoms with Crippen LogP contribution in [0.3, 0.4) is 0 Å². The lowest BCUT2D eigenvalue weighted by Gasteiger charge is -2.23. The Balaban J connectivity index is 2.65. The van der Waals surface area contributed by atoms with Crippen LogP contribution in [0.25, 0.3) is 0 Å². The standard InChI is InChI=1S/C12H18ClNO/c1-12(2,9-13)14-8-10-6-4-5-7-11(10)15-3/h4-7,14H,8-9H2,1-3H3. The molecule has 1 N–H and O–H groups in total. The lowest BCUT2D eigenvalue weighted by molar-refractivity contribution is 0.393. The molecular formula is C12H18ClNO. The van der Waals surface area contributed by atoms with Gasteiger partial charge in [-0.1, -0.05) is 18.2 Å². The fraction of sp³-hybridized carbons (Fsp3) is 0.500. The molecule has 1 aromatic rings. The molecule has 84 valence electrons. The lowest BCUT2D eigenvalue weighted by Crippen LogP contribution is -2.40. The van der Waals surface area contributed by atoms with Crippen LogP contribution in [0.1, 0.15) is 19.4 Å². The minimum absolute atomic E-state index is 0.0532. The van der Waals surface area contributed by atoms with E-state index in [0.29, 0.717) is 5.88 Å². The third kappa shape index (κ3) is 3.73. The van der Waals surface area contributed by atoms with Crippen molar-refractivity contribution in [2.24, 2.45) is 0 Å². The summed E-state index contributed by atoms with van der Waals surface area (Å²) in [6.45, 7) is 4.93. The van der Waals surface area contributed by atoms with Gasteiger partial charge in [-0.3, -0.25) is 0 Å². The fourth-order valence-electron chi connectivity index (χ4n) is 1.23. The van der Waals surface area contributed by atoms with Crippen LogP contribution >= 0.6 is 11.6 Å². The molecule has 0 atom stereocenters. The van der Waals surface area contributed by atoms with Gasteiger partial charge in [0, 0.05) is 23.5 Å². The Labute approximate surface area is 96.6 Å². The van der Waals surface area contributed by atoms with Gasteiger partial charge in [0.25, 0.3) is 0 Å². The van der Waals surface area contributed by atoms with Gasteiger partial charge in [0.05, 0.1) is 7.11 Å². The van der Waals surface area contributed by atoms with E-state index < -0.39 is 0 Å². The molecule has 0 saturated carbocycles. The zero-order valence-corrected chi connectivity index (χ0v) is 10.3. The summed E-state index contributed by atoms with van der Waals surface area (Å²) in [7, 11) is 1.69. The summed E-state index contributed by atoms with van der Waals surface area (Å²) in [5.41, 5.74) is 1.10. The number of halogens is 1. The fourth-order valence-corrected chi connectivity index (χ4v) is 1.33. The molecular weight excluding hydrogens is 210 g/mol. The van der Waals surface area contributed by atoms with E-state index >= 15 is 0 Å². The molecule has 15 heavy (non-hydrogen) atoms. The van der Waals surface area contributed by atoms with Crippen LogP contribution in [-0.4, -0.2) is 18.5 Å². The van der Waals surface area contributed by atoms with Crippen molar-refractivity contribution in [3.05, 3.63) is 29.8 Å². The highest BCUT2D eigenvalue weighted by Crippen LogP contribution is 2.18. The molecule has 3 heteroatoms. The van der Waals surface area contributed by atoms with Crippen molar-refractivity contribution in [1.82, 2.24) is 5.32 Å². The van der Waals surface area contributed by atoms with E-state index in [-0.39, 0.29) is 5.54 Å². The zero-order valence-electron chi connectivity index (χ0n) is 9.51. The van der Waals surface area contributed by atoms with Crippen molar-refractivity contribution in [3.63, 3.8) is 0 Å². The Morgan fingerprint density at radius 1 is 1.33 bits per heavy atom. The van der Waals surface area contributed by atoms with E-state index in [2.05, 4.69) is 25.2 Å². The third-order valence-electron chi connectivity index (χ3n) is 2.28. The van der Waals surface area contributed by atoms with Crippen molar-refractivity contribution < 1.29 is 4.74 Å². The van der Waals surface area contributed by atoms with Crippen LogP contribution in [0.15, 0.2) is 24.3 Å². The van der Waals surface area contributed by atoms with Gasteiger partial charge < -0.3 is 10.1 Å². The van der Waals surface area contributed by atoms with Crippen LogP contribution in [-0.2, 0) is 6.54 Å². The van der Waals surface area contributed by atoms with Crippen LogP contribution < -0.4 is 10.1 Å². The highest BCUT2D eigenvalue weighted by molar-refractivity contribution is 6.18. The first-order valence-electron chi connectivity index (χ1n) is 5.02. The molecule has 0 spiro atoms. The summed E-state index contributed by atoms with van der Waals surface area (Å²) in [4.78, 5) is 0. The molecule has 0 saturated heterocycles. The van der Waals surface area contributed by atoms with Gasteiger partial charge in [-0.05, 0) is 19.9 Å². The maximum Gasteiger partial charge on any atom is 0.123 e. The number of hydrogen-bond donors (Lipinski definition) is 1. The molecule has 0 aromatic heterocycles. The number of alkyl halides is 1. The first-order chi connectivity index (χ1) is 7.09. The maximum atomic E-state index is 5.84. The Bertz CT molecular complexity index is 312. The summed E-state index contributed by atoms with van der Waals surface area (Å²) in [6.07, 6.45) is 0. The molecule has 0 amide bonds. The Kier molecular flexibility index (Phi) is 4.43. The molecule has 0 aliphatic rings. The van der Waals surface area contributed by atoms with Gasteiger partial charge in [0.1, 0.15) is 5.75 Å². The molecule has 2 nitrogen and oxygen atoms in total. The van der Waals surface area contributed by atoms with E-state index in [0.717, 1.165) is 17.9 Å². The van der Waals surface area contributed by atoms with E-state index in [4.69, 9.17) is 16.3 Å². The summed E-state index contributed by atoms with van der Waals surface area (Å²) in [5.74, 6) is 1.50. The number of nitrogens with one attached hydrogen (secondary N) is 1. The van der Waals surface area contributed by atoms with Gasteiger partial charge in [-0.2, -0.15) is 0 Å². The van der Waals surface area contributed by atoms with Gasteiger partial charge in [0.15, 0.2) is 0 Å². The average Bonchev–Trinajstić information content (AvgIpc) is 2.27. The Morgan fingerprint density at radius 3 is 2.60 bits per heavy atom. The predicted molar refractivity (Wildman–Crippen MR) is 64.6 cm³/mol. The summed E-state index contributed by atoms with van der Waals surface area (Å²) >= 11 is 5.84. The number of methoxy groups -OCH3 is 1. The van der Waals surface area contributed by atoms with Crippen LogP contribution in [0.2, 0.25) is 0 Å². The highest BCUT2D eigenvalue weighted by atomic mass is 35.5. The molecule has 0 aliphatic carbocycles. The second-order valence-corrected chi connectivity index (χ2v) is 4.45. The van der Waals surface area contributed by atoms with E-state index in [9.17, 15) is 0 Å².